The van der Waals surface area contributed by atoms with Crippen molar-refractivity contribution in [1.29, 1.82) is 0 Å². The fraction of sp³-hybridized carbons (Fsp3) is 0.368. The quantitative estimate of drug-likeness (QED) is 0.925. The van der Waals surface area contributed by atoms with Crippen molar-refractivity contribution in [3.8, 4) is 11.5 Å². The Balaban J connectivity index is 1.35. The Labute approximate surface area is 146 Å². The van der Waals surface area contributed by atoms with E-state index in [-0.39, 0.29) is 12.5 Å². The zero-order valence-electron chi connectivity index (χ0n) is 14.0. The Morgan fingerprint density at radius 2 is 2.00 bits per heavy atom. The first-order chi connectivity index (χ1) is 12.3. The van der Waals surface area contributed by atoms with Gasteiger partial charge in [0.1, 0.15) is 12.4 Å². The third kappa shape index (κ3) is 3.52. The number of para-hydroxylation sites is 2. The second kappa shape index (κ2) is 7.01. The number of carbonyl (C=O) groups excluding carboxylic acids is 1. The molecule has 4 rings (SSSR count). The molecule has 2 aromatic rings. The third-order valence-corrected chi connectivity index (χ3v) is 4.51. The third-order valence-electron chi connectivity index (χ3n) is 4.51. The van der Waals surface area contributed by atoms with Crippen LogP contribution in [0.4, 0.5) is 5.82 Å². The number of nitrogens with zero attached hydrogens (tertiary/aromatic N) is 2. The lowest BCUT2D eigenvalue weighted by Gasteiger charge is -2.25. The van der Waals surface area contributed by atoms with E-state index in [1.165, 1.54) is 12.8 Å². The number of nitrogens with one attached hydrogen (secondary N) is 1. The van der Waals surface area contributed by atoms with Crippen molar-refractivity contribution >= 4 is 11.7 Å². The maximum atomic E-state index is 12.4. The number of hydrogen-bond acceptors (Lipinski definition) is 5. The minimum Gasteiger partial charge on any atom is -0.485 e. The summed E-state index contributed by atoms with van der Waals surface area (Å²) in [5, 5.41) is 2.93. The number of aromatic nitrogens is 1. The molecule has 1 saturated heterocycles. The summed E-state index contributed by atoms with van der Waals surface area (Å²) in [4.78, 5) is 19.1. The summed E-state index contributed by atoms with van der Waals surface area (Å²) < 4.78 is 11.3. The van der Waals surface area contributed by atoms with E-state index in [0.29, 0.717) is 18.0 Å². The average Bonchev–Trinajstić information content (AvgIpc) is 3.21. The maximum absolute atomic E-state index is 12.4. The van der Waals surface area contributed by atoms with Crippen molar-refractivity contribution < 1.29 is 14.3 Å². The van der Waals surface area contributed by atoms with Gasteiger partial charge in [0.2, 0.25) is 6.10 Å². The van der Waals surface area contributed by atoms with Crippen LogP contribution in [0.5, 0.6) is 11.5 Å². The summed E-state index contributed by atoms with van der Waals surface area (Å²) in [5.74, 6) is 2.09. The lowest BCUT2D eigenvalue weighted by atomic mass is 10.2. The van der Waals surface area contributed by atoms with Crippen LogP contribution in [-0.4, -0.2) is 36.7 Å². The largest absolute Gasteiger partial charge is 0.485 e. The molecular formula is C19H21N3O3. The summed E-state index contributed by atoms with van der Waals surface area (Å²) in [5.41, 5.74) is 1.03. The molecular weight excluding hydrogens is 318 g/mol. The number of ether oxygens (including phenoxy) is 2. The maximum Gasteiger partial charge on any atom is 0.264 e. The molecule has 1 aromatic carbocycles. The van der Waals surface area contributed by atoms with Crippen LogP contribution in [0.2, 0.25) is 0 Å². The molecule has 0 saturated carbocycles. The summed E-state index contributed by atoms with van der Waals surface area (Å²) in [6, 6.07) is 11.3. The highest BCUT2D eigenvalue weighted by Gasteiger charge is 2.27. The van der Waals surface area contributed by atoms with Crippen LogP contribution in [0.15, 0.2) is 42.6 Å². The highest BCUT2D eigenvalue weighted by atomic mass is 16.6. The topological polar surface area (TPSA) is 63.7 Å². The number of amides is 1. The molecule has 0 bridgehead atoms. The van der Waals surface area contributed by atoms with E-state index in [1.54, 1.807) is 12.3 Å². The lowest BCUT2D eigenvalue weighted by Crippen LogP contribution is -2.43. The van der Waals surface area contributed by atoms with Gasteiger partial charge in [-0.1, -0.05) is 12.1 Å². The van der Waals surface area contributed by atoms with Crippen LogP contribution >= 0.6 is 0 Å². The zero-order chi connectivity index (χ0) is 17.1. The van der Waals surface area contributed by atoms with Crippen LogP contribution in [0.25, 0.3) is 0 Å². The van der Waals surface area contributed by atoms with Crippen LogP contribution < -0.4 is 19.7 Å². The fourth-order valence-electron chi connectivity index (χ4n) is 3.14. The first kappa shape index (κ1) is 15.7. The van der Waals surface area contributed by atoms with E-state index in [9.17, 15) is 4.79 Å². The molecule has 3 heterocycles. The van der Waals surface area contributed by atoms with Gasteiger partial charge in [-0.15, -0.1) is 0 Å². The van der Waals surface area contributed by atoms with E-state index < -0.39 is 6.10 Å². The Morgan fingerprint density at radius 3 is 2.84 bits per heavy atom. The van der Waals surface area contributed by atoms with Crippen LogP contribution in [0.3, 0.4) is 0 Å². The molecule has 6 heteroatoms. The van der Waals surface area contributed by atoms with E-state index in [4.69, 9.17) is 9.47 Å². The predicted octanol–water partition coefficient (Wildman–Crippen LogP) is 2.14. The predicted molar refractivity (Wildman–Crippen MR) is 93.9 cm³/mol. The van der Waals surface area contributed by atoms with Crippen LogP contribution in [0, 0.1) is 0 Å². The number of pyridine rings is 1. The number of benzene rings is 1. The van der Waals surface area contributed by atoms with Gasteiger partial charge in [0.15, 0.2) is 11.5 Å². The van der Waals surface area contributed by atoms with E-state index in [1.807, 2.05) is 30.3 Å². The molecule has 25 heavy (non-hydrogen) atoms. The summed E-state index contributed by atoms with van der Waals surface area (Å²) in [6.45, 7) is 2.77. The molecule has 0 radical (unpaired) electrons. The van der Waals surface area contributed by atoms with Crippen molar-refractivity contribution in [2.24, 2.45) is 0 Å². The standard InChI is InChI=1S/C19H21N3O3/c23-19(17-13-24-15-5-1-2-6-16(15)25-17)21-12-14-7-8-20-18(11-14)22-9-3-4-10-22/h1-2,5-8,11,17H,3-4,9-10,12-13H2,(H,21,23)/t17-/m1/s1. The molecule has 1 aromatic heterocycles. The van der Waals surface area contributed by atoms with Crippen molar-refractivity contribution in [3.05, 3.63) is 48.2 Å². The molecule has 130 valence electrons. The molecule has 0 spiro atoms. The second-order valence-electron chi connectivity index (χ2n) is 6.30. The Morgan fingerprint density at radius 1 is 1.20 bits per heavy atom. The van der Waals surface area contributed by atoms with E-state index >= 15 is 0 Å². The van der Waals surface area contributed by atoms with Crippen molar-refractivity contribution in [2.75, 3.05) is 24.6 Å². The lowest BCUT2D eigenvalue weighted by molar-refractivity contribution is -0.130. The minimum absolute atomic E-state index is 0.172. The van der Waals surface area contributed by atoms with Gasteiger partial charge in [-0.3, -0.25) is 4.79 Å². The van der Waals surface area contributed by atoms with E-state index in [2.05, 4.69) is 15.2 Å². The smallest absolute Gasteiger partial charge is 0.264 e. The molecule has 0 aliphatic carbocycles. The Kier molecular flexibility index (Phi) is 4.41. The average molecular weight is 339 g/mol. The normalized spacial score (nSPS) is 18.9. The molecule has 1 fully saturated rings. The van der Waals surface area contributed by atoms with Crippen LogP contribution in [0.1, 0.15) is 18.4 Å². The van der Waals surface area contributed by atoms with Gasteiger partial charge in [-0.2, -0.15) is 0 Å². The van der Waals surface area contributed by atoms with Gasteiger partial charge in [-0.25, -0.2) is 4.98 Å². The van der Waals surface area contributed by atoms with Crippen LogP contribution in [-0.2, 0) is 11.3 Å². The van der Waals surface area contributed by atoms with Gasteiger partial charge in [0.05, 0.1) is 0 Å². The molecule has 1 amide bonds. The fourth-order valence-corrected chi connectivity index (χ4v) is 3.14. The van der Waals surface area contributed by atoms with Crippen molar-refractivity contribution in [3.63, 3.8) is 0 Å². The monoisotopic (exact) mass is 339 g/mol. The summed E-state index contributed by atoms with van der Waals surface area (Å²) in [6.07, 6.45) is 3.59. The SMILES string of the molecule is O=C(NCc1ccnc(N2CCCC2)c1)[C@H]1COc2ccccc2O1. The zero-order valence-corrected chi connectivity index (χ0v) is 14.0. The molecule has 2 aliphatic heterocycles. The number of carbonyl (C=O) groups is 1. The minimum atomic E-state index is -0.630. The Bertz CT molecular complexity index is 759. The molecule has 1 atom stereocenters. The highest BCUT2D eigenvalue weighted by molar-refractivity contribution is 5.81. The van der Waals surface area contributed by atoms with Crippen molar-refractivity contribution in [1.82, 2.24) is 10.3 Å². The van der Waals surface area contributed by atoms with Gasteiger partial charge in [0, 0.05) is 25.8 Å². The highest BCUT2D eigenvalue weighted by Crippen LogP contribution is 2.30. The first-order valence-electron chi connectivity index (χ1n) is 8.66. The number of fused-ring (bicyclic) bond motifs is 1. The summed E-state index contributed by atoms with van der Waals surface area (Å²) >= 11 is 0. The van der Waals surface area contributed by atoms with Crippen molar-refractivity contribution in [2.45, 2.75) is 25.5 Å². The van der Waals surface area contributed by atoms with E-state index in [0.717, 1.165) is 24.5 Å². The second-order valence-corrected chi connectivity index (χ2v) is 6.30. The van der Waals surface area contributed by atoms with Gasteiger partial charge < -0.3 is 19.7 Å². The number of rotatable bonds is 4. The van der Waals surface area contributed by atoms with Gasteiger partial charge in [-0.05, 0) is 42.7 Å². The number of hydrogen-bond donors (Lipinski definition) is 1. The molecule has 0 unspecified atom stereocenters. The summed E-state index contributed by atoms with van der Waals surface area (Å²) in [7, 11) is 0. The number of anilines is 1. The van der Waals surface area contributed by atoms with Gasteiger partial charge >= 0.3 is 0 Å². The molecule has 1 N–H and O–H groups in total. The molecule has 6 nitrogen and oxygen atoms in total. The van der Waals surface area contributed by atoms with Gasteiger partial charge in [0.25, 0.3) is 5.91 Å². The molecule has 2 aliphatic rings. The Hall–Kier alpha value is -2.76. The first-order valence-corrected chi connectivity index (χ1v) is 8.66.